The van der Waals surface area contributed by atoms with Crippen molar-refractivity contribution in [2.75, 3.05) is 25.1 Å². The number of carbonyl (C=O) groups excluding carboxylic acids is 1. The number of thioether (sulfide) groups is 1. The minimum absolute atomic E-state index is 0.147. The van der Waals surface area contributed by atoms with E-state index in [1.54, 1.807) is 7.11 Å². The lowest BCUT2D eigenvalue weighted by molar-refractivity contribution is -0.115. The molecule has 1 aliphatic rings. The normalized spacial score (nSPS) is 16.5. The number of nitrogens with zero attached hydrogens (tertiary/aromatic N) is 2. The van der Waals surface area contributed by atoms with Gasteiger partial charge in [0.15, 0.2) is 5.17 Å². The summed E-state index contributed by atoms with van der Waals surface area (Å²) in [6, 6.07) is 13.9. The third-order valence-electron chi connectivity index (χ3n) is 4.52. The average molecular weight is 396 g/mol. The molecule has 2 aromatic carbocycles. The van der Waals surface area contributed by atoms with E-state index in [2.05, 4.69) is 35.1 Å². The molecule has 28 heavy (non-hydrogen) atoms. The maximum absolute atomic E-state index is 12.4. The van der Waals surface area contributed by atoms with Gasteiger partial charge in [-0.25, -0.2) is 4.99 Å². The van der Waals surface area contributed by atoms with E-state index in [0.717, 1.165) is 41.3 Å². The van der Waals surface area contributed by atoms with Crippen LogP contribution in [-0.2, 0) is 4.79 Å². The number of methoxy groups -OCH3 is 1. The van der Waals surface area contributed by atoms with Gasteiger partial charge in [-0.05, 0) is 68.4 Å². The third-order valence-corrected chi connectivity index (χ3v) is 5.43. The number of ether oxygens (including phenoxy) is 1. The summed E-state index contributed by atoms with van der Waals surface area (Å²) in [7, 11) is 1.65. The largest absolute Gasteiger partial charge is 0.496 e. The zero-order valence-electron chi connectivity index (χ0n) is 16.7. The Hall–Kier alpha value is -2.73. The number of benzene rings is 2. The van der Waals surface area contributed by atoms with Crippen molar-refractivity contribution in [3.8, 4) is 5.75 Å². The number of amidine groups is 1. The molecule has 1 heterocycles. The quantitative estimate of drug-likeness (QED) is 0.718. The Morgan fingerprint density at radius 1 is 1.18 bits per heavy atom. The van der Waals surface area contributed by atoms with E-state index in [4.69, 9.17) is 4.74 Å². The second-order valence-corrected chi connectivity index (χ2v) is 7.45. The fraction of sp³-hybridized carbons (Fsp3) is 0.273. The van der Waals surface area contributed by atoms with Gasteiger partial charge >= 0.3 is 0 Å². The molecule has 146 valence electrons. The topological polar surface area (TPSA) is 53.9 Å². The minimum atomic E-state index is -0.147. The lowest BCUT2D eigenvalue weighted by Gasteiger charge is -2.22. The second-order valence-electron chi connectivity index (χ2n) is 6.42. The SMILES string of the molecule is CCN(CC)c1ccc(/C=C2/SC(=Nc3cccc(C)c3)NC2=O)c(OC)c1. The zero-order valence-corrected chi connectivity index (χ0v) is 17.5. The molecule has 0 spiro atoms. The van der Waals surface area contributed by atoms with Crippen LogP contribution < -0.4 is 15.0 Å². The van der Waals surface area contributed by atoms with E-state index < -0.39 is 0 Å². The number of aryl methyl sites for hydroxylation is 1. The standard InChI is InChI=1S/C22H25N3O2S/c1-5-25(6-2)18-11-10-16(19(14-18)27-4)13-20-21(26)24-22(28-20)23-17-9-7-8-15(3)12-17/h7-14H,5-6H2,1-4H3,(H,23,24,26)/b20-13+. The first kappa shape index (κ1) is 20.0. The Balaban J connectivity index is 1.86. The third kappa shape index (κ3) is 4.57. The number of hydrogen-bond donors (Lipinski definition) is 1. The fourth-order valence-electron chi connectivity index (χ4n) is 3.04. The lowest BCUT2D eigenvalue weighted by atomic mass is 10.1. The molecule has 2 aromatic rings. The number of carbonyl (C=O) groups is 1. The van der Waals surface area contributed by atoms with Gasteiger partial charge in [0.1, 0.15) is 5.75 Å². The van der Waals surface area contributed by atoms with Crippen LogP contribution in [0.3, 0.4) is 0 Å². The van der Waals surface area contributed by atoms with Gasteiger partial charge in [-0.2, -0.15) is 0 Å². The van der Waals surface area contributed by atoms with Crippen LogP contribution >= 0.6 is 11.8 Å². The Morgan fingerprint density at radius 2 is 1.96 bits per heavy atom. The predicted molar refractivity (Wildman–Crippen MR) is 119 cm³/mol. The summed E-state index contributed by atoms with van der Waals surface area (Å²) in [5.41, 5.74) is 3.93. The van der Waals surface area contributed by atoms with E-state index in [1.165, 1.54) is 11.8 Å². The maximum atomic E-state index is 12.4. The van der Waals surface area contributed by atoms with E-state index in [1.807, 2.05) is 49.4 Å². The van der Waals surface area contributed by atoms with Gasteiger partial charge in [0.25, 0.3) is 5.91 Å². The van der Waals surface area contributed by atoms with Crippen molar-refractivity contribution in [2.24, 2.45) is 4.99 Å². The number of rotatable bonds is 6. The Bertz CT molecular complexity index is 933. The van der Waals surface area contributed by atoms with Crippen molar-refractivity contribution in [3.05, 3.63) is 58.5 Å². The highest BCUT2D eigenvalue weighted by molar-refractivity contribution is 8.18. The van der Waals surface area contributed by atoms with E-state index in [-0.39, 0.29) is 5.91 Å². The van der Waals surface area contributed by atoms with E-state index >= 15 is 0 Å². The summed E-state index contributed by atoms with van der Waals surface area (Å²) in [5, 5.41) is 3.42. The van der Waals surface area contributed by atoms with Gasteiger partial charge in [-0.15, -0.1) is 0 Å². The highest BCUT2D eigenvalue weighted by Crippen LogP contribution is 2.32. The highest BCUT2D eigenvalue weighted by Gasteiger charge is 2.24. The fourth-order valence-corrected chi connectivity index (χ4v) is 3.87. The molecule has 1 N–H and O–H groups in total. The number of nitrogens with one attached hydrogen (secondary N) is 1. The van der Waals surface area contributed by atoms with Crippen molar-refractivity contribution in [3.63, 3.8) is 0 Å². The van der Waals surface area contributed by atoms with Gasteiger partial charge in [0.2, 0.25) is 0 Å². The van der Waals surface area contributed by atoms with Crippen LogP contribution in [0.4, 0.5) is 11.4 Å². The number of hydrogen-bond acceptors (Lipinski definition) is 5. The molecular formula is C22H25N3O2S. The van der Waals surface area contributed by atoms with Gasteiger partial charge < -0.3 is 15.0 Å². The molecule has 0 aliphatic carbocycles. The van der Waals surface area contributed by atoms with Crippen molar-refractivity contribution in [1.82, 2.24) is 5.32 Å². The van der Waals surface area contributed by atoms with Gasteiger partial charge in [0.05, 0.1) is 17.7 Å². The number of aliphatic imine (C=N–C) groups is 1. The summed E-state index contributed by atoms with van der Waals surface area (Å²) in [6.45, 7) is 8.12. The molecule has 0 aromatic heterocycles. The average Bonchev–Trinajstić information content (AvgIpc) is 3.02. The molecule has 1 saturated heterocycles. The maximum Gasteiger partial charge on any atom is 0.264 e. The lowest BCUT2D eigenvalue weighted by Crippen LogP contribution is -2.21. The molecule has 0 radical (unpaired) electrons. The van der Waals surface area contributed by atoms with Gasteiger partial charge in [0, 0.05) is 30.4 Å². The molecule has 0 bridgehead atoms. The van der Waals surface area contributed by atoms with Crippen LogP contribution in [0.15, 0.2) is 52.4 Å². The molecule has 5 nitrogen and oxygen atoms in total. The van der Waals surface area contributed by atoms with Gasteiger partial charge in [-0.1, -0.05) is 12.1 Å². The molecule has 0 atom stereocenters. The van der Waals surface area contributed by atoms with Crippen molar-refractivity contribution in [1.29, 1.82) is 0 Å². The first-order valence-electron chi connectivity index (χ1n) is 9.33. The van der Waals surface area contributed by atoms with Gasteiger partial charge in [-0.3, -0.25) is 4.79 Å². The second kappa shape index (κ2) is 8.97. The molecule has 1 aliphatic heterocycles. The highest BCUT2D eigenvalue weighted by atomic mass is 32.2. The monoisotopic (exact) mass is 395 g/mol. The van der Waals surface area contributed by atoms with Crippen LogP contribution in [0.5, 0.6) is 5.75 Å². The molecule has 3 rings (SSSR count). The Morgan fingerprint density at radius 3 is 2.64 bits per heavy atom. The first-order chi connectivity index (χ1) is 13.5. The zero-order chi connectivity index (χ0) is 20.1. The van der Waals surface area contributed by atoms with Crippen LogP contribution in [0, 0.1) is 6.92 Å². The predicted octanol–water partition coefficient (Wildman–Crippen LogP) is 4.74. The molecular weight excluding hydrogens is 370 g/mol. The van der Waals surface area contributed by atoms with Crippen LogP contribution in [0.2, 0.25) is 0 Å². The van der Waals surface area contributed by atoms with Crippen LogP contribution in [0.1, 0.15) is 25.0 Å². The molecule has 6 heteroatoms. The Kier molecular flexibility index (Phi) is 6.41. The summed E-state index contributed by atoms with van der Waals surface area (Å²) in [4.78, 5) is 19.8. The van der Waals surface area contributed by atoms with E-state index in [9.17, 15) is 4.79 Å². The van der Waals surface area contributed by atoms with Crippen molar-refractivity contribution < 1.29 is 9.53 Å². The summed E-state index contributed by atoms with van der Waals surface area (Å²) >= 11 is 1.34. The summed E-state index contributed by atoms with van der Waals surface area (Å²) in [5.74, 6) is 0.598. The first-order valence-corrected chi connectivity index (χ1v) is 10.1. The smallest absolute Gasteiger partial charge is 0.264 e. The Labute approximate surface area is 170 Å². The molecule has 1 amide bonds. The van der Waals surface area contributed by atoms with Crippen LogP contribution in [0.25, 0.3) is 6.08 Å². The minimum Gasteiger partial charge on any atom is -0.496 e. The summed E-state index contributed by atoms with van der Waals surface area (Å²) < 4.78 is 5.56. The number of amides is 1. The van der Waals surface area contributed by atoms with Crippen molar-refractivity contribution >= 4 is 40.3 Å². The number of anilines is 1. The molecule has 0 unspecified atom stereocenters. The summed E-state index contributed by atoms with van der Waals surface area (Å²) in [6.07, 6.45) is 1.85. The van der Waals surface area contributed by atoms with E-state index in [0.29, 0.717) is 10.1 Å². The van der Waals surface area contributed by atoms with Crippen molar-refractivity contribution in [2.45, 2.75) is 20.8 Å². The molecule has 0 saturated carbocycles. The van der Waals surface area contributed by atoms with Crippen LogP contribution in [-0.4, -0.2) is 31.3 Å². The molecule has 1 fully saturated rings.